The van der Waals surface area contributed by atoms with Gasteiger partial charge in [-0.3, -0.25) is 0 Å². The first-order valence-electron chi connectivity index (χ1n) is 11.7. The molecule has 2 aromatic heterocycles. The van der Waals surface area contributed by atoms with Crippen molar-refractivity contribution >= 4 is 22.8 Å². The van der Waals surface area contributed by atoms with E-state index in [0.29, 0.717) is 47.2 Å². The minimum absolute atomic E-state index is 0.135. The third kappa shape index (κ3) is 3.53. The van der Waals surface area contributed by atoms with Crippen LogP contribution >= 0.6 is 0 Å². The molecule has 9 heteroatoms. The van der Waals surface area contributed by atoms with E-state index in [1.54, 1.807) is 12.1 Å². The maximum Gasteiger partial charge on any atom is 0.340 e. The second-order valence-corrected chi connectivity index (χ2v) is 8.71. The molecule has 3 heterocycles. The van der Waals surface area contributed by atoms with Gasteiger partial charge in [0.25, 0.3) is 0 Å². The number of nitrogens with zero attached hydrogens (tertiary/aromatic N) is 2. The summed E-state index contributed by atoms with van der Waals surface area (Å²) in [5.74, 6) is 0.0160. The smallest absolute Gasteiger partial charge is 0.340 e. The van der Waals surface area contributed by atoms with Gasteiger partial charge in [-0.2, -0.15) is 0 Å². The van der Waals surface area contributed by atoms with Crippen molar-refractivity contribution in [2.45, 2.75) is 13.0 Å². The van der Waals surface area contributed by atoms with Gasteiger partial charge in [0.1, 0.15) is 5.56 Å². The van der Waals surface area contributed by atoms with E-state index in [4.69, 9.17) is 23.7 Å². The number of carbonyl (C=O) groups is 2. The van der Waals surface area contributed by atoms with Crippen molar-refractivity contribution in [2.24, 2.45) is 7.05 Å². The van der Waals surface area contributed by atoms with Gasteiger partial charge in [0, 0.05) is 41.3 Å². The molecule has 9 nitrogen and oxygen atoms in total. The van der Waals surface area contributed by atoms with Crippen molar-refractivity contribution in [3.8, 4) is 28.5 Å². The van der Waals surface area contributed by atoms with Crippen molar-refractivity contribution < 1.29 is 33.3 Å². The van der Waals surface area contributed by atoms with Crippen molar-refractivity contribution in [2.75, 3.05) is 35.5 Å². The lowest BCUT2D eigenvalue weighted by molar-refractivity contribution is 0.0556. The topological polar surface area (TPSA) is 90.2 Å². The average Bonchev–Trinajstić information content (AvgIpc) is 3.42. The van der Waals surface area contributed by atoms with Crippen LogP contribution in [0.4, 0.5) is 0 Å². The molecule has 2 aromatic carbocycles. The minimum Gasteiger partial charge on any atom is -0.493 e. The number of aryl methyl sites for hydroxylation is 1. The van der Waals surface area contributed by atoms with Crippen molar-refractivity contribution in [1.29, 1.82) is 0 Å². The predicted molar refractivity (Wildman–Crippen MR) is 137 cm³/mol. The third-order valence-electron chi connectivity index (χ3n) is 7.08. The summed E-state index contributed by atoms with van der Waals surface area (Å²) in [7, 11) is 9.20. The monoisotopic (exact) mass is 504 g/mol. The van der Waals surface area contributed by atoms with E-state index in [0.717, 1.165) is 22.2 Å². The minimum atomic E-state index is -0.639. The number of ether oxygens (including phenoxy) is 5. The summed E-state index contributed by atoms with van der Waals surface area (Å²) < 4.78 is 31.1. The summed E-state index contributed by atoms with van der Waals surface area (Å²) in [5, 5.41) is 1.11. The van der Waals surface area contributed by atoms with Crippen LogP contribution < -0.4 is 14.2 Å². The van der Waals surface area contributed by atoms with Gasteiger partial charge in [-0.05, 0) is 23.8 Å². The highest BCUT2D eigenvalue weighted by atomic mass is 16.5. The highest BCUT2D eigenvalue weighted by Gasteiger charge is 2.37. The molecule has 0 saturated heterocycles. The van der Waals surface area contributed by atoms with Crippen LogP contribution in [0.5, 0.6) is 17.2 Å². The summed E-state index contributed by atoms with van der Waals surface area (Å²) in [6, 6.07) is 11.7. The standard InChI is InChI=1S/C28H28N2O7/c1-29-18-10-8-7-9-16(18)17-13-19-23(27(31)36-5)24(28(32)37-6)25(30(19)14-20(17)29)15-11-21(33-2)26(35-4)22(12-15)34-3/h7-12H,13-14H2,1-6H3. The lowest BCUT2D eigenvalue weighted by Gasteiger charge is -2.22. The number of rotatable bonds is 6. The number of esters is 2. The van der Waals surface area contributed by atoms with E-state index < -0.39 is 11.9 Å². The Hall–Kier alpha value is -4.40. The molecule has 0 spiro atoms. The number of hydrogen-bond donors (Lipinski definition) is 0. The highest BCUT2D eigenvalue weighted by Crippen LogP contribution is 2.45. The van der Waals surface area contributed by atoms with E-state index in [-0.39, 0.29) is 11.1 Å². The van der Waals surface area contributed by atoms with E-state index in [1.165, 1.54) is 35.5 Å². The van der Waals surface area contributed by atoms with Gasteiger partial charge in [0.2, 0.25) is 5.75 Å². The zero-order chi connectivity index (χ0) is 26.4. The molecule has 0 saturated carbocycles. The van der Waals surface area contributed by atoms with Crippen LogP contribution in [0.3, 0.4) is 0 Å². The molecule has 0 atom stereocenters. The molecule has 1 aliphatic rings. The second-order valence-electron chi connectivity index (χ2n) is 8.71. The van der Waals surface area contributed by atoms with Gasteiger partial charge < -0.3 is 32.8 Å². The molecule has 37 heavy (non-hydrogen) atoms. The quantitative estimate of drug-likeness (QED) is 0.320. The second kappa shape index (κ2) is 9.24. The average molecular weight is 505 g/mol. The van der Waals surface area contributed by atoms with Crippen LogP contribution in [0, 0.1) is 0 Å². The van der Waals surface area contributed by atoms with Gasteiger partial charge in [0.05, 0.1) is 53.4 Å². The molecule has 192 valence electrons. The first-order valence-corrected chi connectivity index (χ1v) is 11.7. The van der Waals surface area contributed by atoms with E-state index in [1.807, 2.05) is 23.7 Å². The SMILES string of the molecule is COC(=O)c1c(C(=O)OC)c(-c2cc(OC)c(OC)c(OC)c2)n2c1Cc1c(n(C)c3ccccc13)C2. The first kappa shape index (κ1) is 24.3. The van der Waals surface area contributed by atoms with Crippen molar-refractivity contribution in [1.82, 2.24) is 9.13 Å². The van der Waals surface area contributed by atoms with Crippen LogP contribution in [0.1, 0.15) is 37.7 Å². The van der Waals surface area contributed by atoms with Crippen LogP contribution in [0.25, 0.3) is 22.2 Å². The Labute approximate surface area is 214 Å². The lowest BCUT2D eigenvalue weighted by Crippen LogP contribution is -2.18. The predicted octanol–water partition coefficient (Wildman–Crippen LogP) is 4.20. The molecule has 5 rings (SSSR count). The Bertz CT molecular complexity index is 1540. The van der Waals surface area contributed by atoms with Crippen molar-refractivity contribution in [3.63, 3.8) is 0 Å². The van der Waals surface area contributed by atoms with E-state index in [9.17, 15) is 9.59 Å². The fourth-order valence-corrected chi connectivity index (χ4v) is 5.41. The number of methoxy groups -OCH3 is 5. The zero-order valence-corrected chi connectivity index (χ0v) is 21.6. The molecular weight excluding hydrogens is 476 g/mol. The van der Waals surface area contributed by atoms with E-state index >= 15 is 0 Å². The summed E-state index contributed by atoms with van der Waals surface area (Å²) in [6.07, 6.45) is 0.440. The van der Waals surface area contributed by atoms with Gasteiger partial charge >= 0.3 is 11.9 Å². The maximum atomic E-state index is 13.3. The van der Waals surface area contributed by atoms with Crippen molar-refractivity contribution in [3.05, 3.63) is 64.5 Å². The maximum absolute atomic E-state index is 13.3. The molecule has 0 fully saturated rings. The number of carbonyl (C=O) groups excluding carboxylic acids is 2. The van der Waals surface area contributed by atoms with Gasteiger partial charge in [0.15, 0.2) is 11.5 Å². The Morgan fingerprint density at radius 1 is 0.811 bits per heavy atom. The zero-order valence-electron chi connectivity index (χ0n) is 21.6. The summed E-state index contributed by atoms with van der Waals surface area (Å²) >= 11 is 0. The molecule has 4 aromatic rings. The summed E-state index contributed by atoms with van der Waals surface area (Å²) in [4.78, 5) is 26.4. The molecule has 0 amide bonds. The fourth-order valence-electron chi connectivity index (χ4n) is 5.41. The Morgan fingerprint density at radius 2 is 1.43 bits per heavy atom. The van der Waals surface area contributed by atoms with Crippen LogP contribution in [0.2, 0.25) is 0 Å². The summed E-state index contributed by atoms with van der Waals surface area (Å²) in [6.45, 7) is 0.433. The number of benzene rings is 2. The van der Waals surface area contributed by atoms with Gasteiger partial charge in [-0.25, -0.2) is 9.59 Å². The van der Waals surface area contributed by atoms with Gasteiger partial charge in [-0.1, -0.05) is 18.2 Å². The van der Waals surface area contributed by atoms with Crippen LogP contribution in [0.15, 0.2) is 36.4 Å². The van der Waals surface area contributed by atoms with E-state index in [2.05, 4.69) is 16.7 Å². The molecule has 1 aliphatic heterocycles. The Kier molecular flexibility index (Phi) is 6.07. The number of fused-ring (bicyclic) bond motifs is 4. The normalized spacial score (nSPS) is 12.1. The molecule has 0 N–H and O–H groups in total. The first-order chi connectivity index (χ1) is 17.9. The lowest BCUT2D eigenvalue weighted by atomic mass is 9.98. The third-order valence-corrected chi connectivity index (χ3v) is 7.08. The Balaban J connectivity index is 1.87. The van der Waals surface area contributed by atoms with Gasteiger partial charge in [-0.15, -0.1) is 0 Å². The largest absolute Gasteiger partial charge is 0.493 e. The number of para-hydroxylation sites is 1. The molecular formula is C28H28N2O7. The van der Waals surface area contributed by atoms with Crippen LogP contribution in [-0.2, 0) is 29.5 Å². The molecule has 0 unspecified atom stereocenters. The molecule has 0 aliphatic carbocycles. The molecule has 0 radical (unpaired) electrons. The van der Waals surface area contributed by atoms with Crippen LogP contribution in [-0.4, -0.2) is 56.6 Å². The summed E-state index contributed by atoms with van der Waals surface area (Å²) in [5.41, 5.74) is 5.42. The molecule has 0 bridgehead atoms. The fraction of sp³-hybridized carbons (Fsp3) is 0.286. The Morgan fingerprint density at radius 3 is 2.03 bits per heavy atom. The highest BCUT2D eigenvalue weighted by molar-refractivity contribution is 6.09. The number of aromatic nitrogens is 2. The number of hydrogen-bond acceptors (Lipinski definition) is 7.